The first-order valence-corrected chi connectivity index (χ1v) is 10.2. The second-order valence-corrected chi connectivity index (χ2v) is 8.12. The van der Waals surface area contributed by atoms with Gasteiger partial charge in [0, 0.05) is 13.6 Å². The minimum atomic E-state index is -0.0746. The van der Waals surface area contributed by atoms with Crippen LogP contribution in [-0.2, 0) is 11.3 Å². The molecule has 3 aromatic rings. The predicted octanol–water partition coefficient (Wildman–Crippen LogP) is 3.96. The lowest BCUT2D eigenvalue weighted by Gasteiger charge is -2.26. The van der Waals surface area contributed by atoms with Crippen molar-refractivity contribution in [3.63, 3.8) is 0 Å². The average molecular weight is 414 g/mol. The van der Waals surface area contributed by atoms with Crippen molar-refractivity contribution >= 4 is 27.5 Å². The van der Waals surface area contributed by atoms with E-state index in [9.17, 15) is 4.79 Å². The lowest BCUT2D eigenvalue weighted by Crippen LogP contribution is -2.37. The molecule has 7 heteroatoms. The lowest BCUT2D eigenvalue weighted by atomic mass is 10.2. The number of likely N-dealkylation sites (N-methyl/N-ethyl adjacent to an activating group) is 2. The van der Waals surface area contributed by atoms with E-state index in [0.717, 1.165) is 20.8 Å². The number of ether oxygens (including phenoxy) is 2. The number of nitrogens with zero attached hydrogens (tertiary/aromatic N) is 3. The quantitative estimate of drug-likeness (QED) is 0.559. The predicted molar refractivity (Wildman–Crippen MR) is 117 cm³/mol. The molecule has 0 aliphatic rings. The van der Waals surface area contributed by atoms with Gasteiger partial charge in [0.15, 0.2) is 11.5 Å². The number of carbonyl (C=O) groups excluding carboxylic acids is 1. The van der Waals surface area contributed by atoms with E-state index in [1.54, 1.807) is 30.5 Å². The van der Waals surface area contributed by atoms with Gasteiger partial charge in [-0.1, -0.05) is 18.2 Å². The zero-order chi connectivity index (χ0) is 21.0. The summed E-state index contributed by atoms with van der Waals surface area (Å²) in [6.45, 7) is 2.97. The number of hydrogen-bond donors (Lipinski definition) is 0. The second-order valence-electron chi connectivity index (χ2n) is 7.06. The molecule has 1 heterocycles. The number of methoxy groups -OCH3 is 2. The van der Waals surface area contributed by atoms with Crippen LogP contribution in [0.15, 0.2) is 42.5 Å². The monoisotopic (exact) mass is 413 g/mol. The van der Waals surface area contributed by atoms with Crippen LogP contribution in [0.2, 0.25) is 0 Å². The molecule has 1 amide bonds. The number of rotatable bonds is 8. The molecule has 0 aliphatic carbocycles. The average Bonchev–Trinajstić information content (AvgIpc) is 3.16. The molecule has 0 saturated heterocycles. The van der Waals surface area contributed by atoms with E-state index in [1.807, 2.05) is 62.3 Å². The Kier molecular flexibility index (Phi) is 6.71. The van der Waals surface area contributed by atoms with E-state index in [2.05, 4.69) is 11.1 Å². The molecule has 0 unspecified atom stereocenters. The number of fused-ring (bicyclic) bond motifs is 1. The molecule has 2 aromatic carbocycles. The van der Waals surface area contributed by atoms with Gasteiger partial charge in [0.05, 0.1) is 37.0 Å². The van der Waals surface area contributed by atoms with Crippen molar-refractivity contribution in [3.05, 3.63) is 53.0 Å². The molecule has 29 heavy (non-hydrogen) atoms. The van der Waals surface area contributed by atoms with Gasteiger partial charge in [0.1, 0.15) is 5.01 Å². The van der Waals surface area contributed by atoms with E-state index >= 15 is 0 Å². The highest BCUT2D eigenvalue weighted by molar-refractivity contribution is 7.18. The zero-order valence-electron chi connectivity index (χ0n) is 17.5. The molecular formula is C22H27N3O3S. The summed E-state index contributed by atoms with van der Waals surface area (Å²) in [5, 5.41) is 0.949. The Morgan fingerprint density at radius 3 is 2.52 bits per heavy atom. The summed E-state index contributed by atoms with van der Waals surface area (Å²) in [5.74, 6) is 1.44. The molecule has 0 N–H and O–H groups in total. The Labute approximate surface area is 175 Å². The summed E-state index contributed by atoms with van der Waals surface area (Å²) in [5.41, 5.74) is 2.03. The topological polar surface area (TPSA) is 54.9 Å². The molecule has 0 radical (unpaired) electrons. The summed E-state index contributed by atoms with van der Waals surface area (Å²) in [7, 11) is 7.01. The smallest absolute Gasteiger partial charge is 0.237 e. The Hall–Kier alpha value is -2.64. The molecule has 0 spiro atoms. The first kappa shape index (κ1) is 21.1. The molecule has 6 nitrogen and oxygen atoms in total. The molecule has 3 rings (SSSR count). The maximum absolute atomic E-state index is 12.8. The fourth-order valence-electron chi connectivity index (χ4n) is 3.14. The maximum Gasteiger partial charge on any atom is 0.237 e. The molecule has 0 bridgehead atoms. The number of benzene rings is 2. The third-order valence-electron chi connectivity index (χ3n) is 4.95. The molecule has 0 fully saturated rings. The van der Waals surface area contributed by atoms with Crippen molar-refractivity contribution < 1.29 is 14.3 Å². The fourth-order valence-corrected chi connectivity index (χ4v) is 4.20. The summed E-state index contributed by atoms with van der Waals surface area (Å²) in [6, 6.07) is 13.8. The number of hydrogen-bond acceptors (Lipinski definition) is 6. The first-order valence-electron chi connectivity index (χ1n) is 9.43. The number of para-hydroxylation sites is 1. The van der Waals surface area contributed by atoms with Crippen molar-refractivity contribution in [1.82, 2.24) is 14.8 Å². The van der Waals surface area contributed by atoms with Crippen molar-refractivity contribution in [2.45, 2.75) is 19.5 Å². The molecular weight excluding hydrogens is 386 g/mol. The van der Waals surface area contributed by atoms with Crippen LogP contribution in [0, 0.1) is 0 Å². The standard InChI is InChI=1S/C22H27N3O3S/c1-15(22-23-17-8-6-7-9-20(17)29-22)25(3)21(26)14-24(2)13-16-10-11-18(27-4)19(12-16)28-5/h6-12,15H,13-14H2,1-5H3/t15-/m0/s1. The van der Waals surface area contributed by atoms with E-state index in [1.165, 1.54) is 0 Å². The highest BCUT2D eigenvalue weighted by Gasteiger charge is 2.21. The van der Waals surface area contributed by atoms with Gasteiger partial charge < -0.3 is 14.4 Å². The Morgan fingerprint density at radius 2 is 1.83 bits per heavy atom. The summed E-state index contributed by atoms with van der Waals surface area (Å²) < 4.78 is 11.8. The van der Waals surface area contributed by atoms with Gasteiger partial charge in [-0.15, -0.1) is 11.3 Å². The van der Waals surface area contributed by atoms with Crippen LogP contribution in [0.3, 0.4) is 0 Å². The van der Waals surface area contributed by atoms with Gasteiger partial charge in [-0.25, -0.2) is 4.98 Å². The molecule has 1 aromatic heterocycles. The summed E-state index contributed by atoms with van der Waals surface area (Å²) in [4.78, 5) is 21.3. The number of amides is 1. The van der Waals surface area contributed by atoms with Crippen LogP contribution in [0.25, 0.3) is 10.2 Å². The van der Waals surface area contributed by atoms with Crippen molar-refractivity contribution in [1.29, 1.82) is 0 Å². The van der Waals surface area contributed by atoms with E-state index in [-0.39, 0.29) is 11.9 Å². The van der Waals surface area contributed by atoms with Gasteiger partial charge >= 0.3 is 0 Å². The zero-order valence-corrected chi connectivity index (χ0v) is 18.3. The summed E-state index contributed by atoms with van der Waals surface area (Å²) in [6.07, 6.45) is 0. The van der Waals surface area contributed by atoms with E-state index in [4.69, 9.17) is 9.47 Å². The van der Waals surface area contributed by atoms with Gasteiger partial charge in [-0.2, -0.15) is 0 Å². The molecule has 154 valence electrons. The van der Waals surface area contributed by atoms with Crippen LogP contribution in [0.4, 0.5) is 0 Å². The van der Waals surface area contributed by atoms with Gasteiger partial charge in [0.25, 0.3) is 0 Å². The lowest BCUT2D eigenvalue weighted by molar-refractivity contribution is -0.132. The van der Waals surface area contributed by atoms with Crippen molar-refractivity contribution in [3.8, 4) is 11.5 Å². The largest absolute Gasteiger partial charge is 0.493 e. The van der Waals surface area contributed by atoms with Crippen LogP contribution in [0.1, 0.15) is 23.5 Å². The second kappa shape index (κ2) is 9.24. The van der Waals surface area contributed by atoms with Gasteiger partial charge in [0.2, 0.25) is 5.91 Å². The number of thiazole rings is 1. The molecule has 0 saturated carbocycles. The molecule has 0 aliphatic heterocycles. The summed E-state index contributed by atoms with van der Waals surface area (Å²) >= 11 is 1.64. The minimum Gasteiger partial charge on any atom is -0.493 e. The minimum absolute atomic E-state index is 0.0553. The maximum atomic E-state index is 12.8. The Morgan fingerprint density at radius 1 is 1.10 bits per heavy atom. The van der Waals surface area contributed by atoms with Crippen LogP contribution in [0.5, 0.6) is 11.5 Å². The highest BCUT2D eigenvalue weighted by Crippen LogP contribution is 2.29. The SMILES string of the molecule is COc1ccc(CN(C)CC(=O)N(C)[C@@H](C)c2nc3ccccc3s2)cc1OC. The highest BCUT2D eigenvalue weighted by atomic mass is 32.1. The van der Waals surface area contributed by atoms with Gasteiger partial charge in [-0.05, 0) is 43.8 Å². The Balaban J connectivity index is 1.62. The normalized spacial score (nSPS) is 12.2. The van der Waals surface area contributed by atoms with Gasteiger partial charge in [-0.3, -0.25) is 9.69 Å². The third-order valence-corrected chi connectivity index (χ3v) is 6.15. The van der Waals surface area contributed by atoms with E-state index < -0.39 is 0 Å². The van der Waals surface area contributed by atoms with Crippen molar-refractivity contribution in [2.75, 3.05) is 34.9 Å². The molecule has 1 atom stereocenters. The number of carbonyl (C=O) groups is 1. The third kappa shape index (κ3) is 4.86. The van der Waals surface area contributed by atoms with E-state index in [0.29, 0.717) is 24.6 Å². The first-order chi connectivity index (χ1) is 13.9. The van der Waals surface area contributed by atoms with Crippen LogP contribution < -0.4 is 9.47 Å². The van der Waals surface area contributed by atoms with Crippen LogP contribution >= 0.6 is 11.3 Å². The fraction of sp³-hybridized carbons (Fsp3) is 0.364. The number of aromatic nitrogens is 1. The van der Waals surface area contributed by atoms with Crippen LogP contribution in [-0.4, -0.2) is 55.6 Å². The Bertz CT molecular complexity index is 955. The van der Waals surface area contributed by atoms with Crippen molar-refractivity contribution in [2.24, 2.45) is 0 Å².